The van der Waals surface area contributed by atoms with Crippen molar-refractivity contribution in [3.05, 3.63) is 63.0 Å². The summed E-state index contributed by atoms with van der Waals surface area (Å²) in [5, 5.41) is 0.475. The molecule has 0 spiro atoms. The van der Waals surface area contributed by atoms with Crippen LogP contribution in [0, 0.1) is 6.92 Å². The summed E-state index contributed by atoms with van der Waals surface area (Å²) in [7, 11) is 1.63. The van der Waals surface area contributed by atoms with E-state index in [4.69, 9.17) is 16.3 Å². The van der Waals surface area contributed by atoms with Gasteiger partial charge in [0.05, 0.1) is 13.7 Å². The first-order valence-electron chi connectivity index (χ1n) is 5.60. The summed E-state index contributed by atoms with van der Waals surface area (Å²) in [5.41, 5.74) is 1.81. The maximum absolute atomic E-state index is 11.8. The Morgan fingerprint density at radius 3 is 2.44 bits per heavy atom. The van der Waals surface area contributed by atoms with Gasteiger partial charge < -0.3 is 9.30 Å². The molecule has 94 valence electrons. The number of hydrogen-bond donors (Lipinski definition) is 0. The Kier molecular flexibility index (Phi) is 3.72. The van der Waals surface area contributed by atoms with Gasteiger partial charge in [-0.2, -0.15) is 0 Å². The van der Waals surface area contributed by atoms with Crippen LogP contribution in [0.25, 0.3) is 0 Å². The molecule has 0 aliphatic rings. The molecule has 0 aliphatic heterocycles. The summed E-state index contributed by atoms with van der Waals surface area (Å²) < 4.78 is 6.78. The van der Waals surface area contributed by atoms with Crippen molar-refractivity contribution in [1.82, 2.24) is 4.57 Å². The molecule has 0 amide bonds. The predicted octanol–water partition coefficient (Wildman–Crippen LogP) is 2.87. The quantitative estimate of drug-likeness (QED) is 0.853. The fraction of sp³-hybridized carbons (Fsp3) is 0.214. The topological polar surface area (TPSA) is 31.2 Å². The summed E-state index contributed by atoms with van der Waals surface area (Å²) in [5.74, 6) is 0.805. The van der Waals surface area contributed by atoms with E-state index in [1.807, 2.05) is 31.2 Å². The third-order valence-corrected chi connectivity index (χ3v) is 3.02. The molecule has 0 radical (unpaired) electrons. The first-order chi connectivity index (χ1) is 8.60. The zero-order chi connectivity index (χ0) is 13.1. The molecule has 0 N–H and O–H groups in total. The van der Waals surface area contributed by atoms with Gasteiger partial charge in [-0.05, 0) is 30.7 Å². The Hall–Kier alpha value is -1.74. The van der Waals surface area contributed by atoms with Gasteiger partial charge in [-0.15, -0.1) is 0 Å². The lowest BCUT2D eigenvalue weighted by Crippen LogP contribution is -2.21. The molecular weight excluding hydrogens is 250 g/mol. The Morgan fingerprint density at radius 1 is 1.22 bits per heavy atom. The number of aromatic nitrogens is 1. The van der Waals surface area contributed by atoms with Crippen LogP contribution in [0.4, 0.5) is 0 Å². The van der Waals surface area contributed by atoms with Crippen molar-refractivity contribution in [2.75, 3.05) is 7.11 Å². The van der Waals surface area contributed by atoms with Gasteiger partial charge in [0.25, 0.3) is 5.56 Å². The summed E-state index contributed by atoms with van der Waals surface area (Å²) in [4.78, 5) is 11.8. The van der Waals surface area contributed by atoms with E-state index >= 15 is 0 Å². The molecule has 1 heterocycles. The highest BCUT2D eigenvalue weighted by Crippen LogP contribution is 2.13. The monoisotopic (exact) mass is 263 g/mol. The average molecular weight is 264 g/mol. The number of hydrogen-bond acceptors (Lipinski definition) is 2. The van der Waals surface area contributed by atoms with E-state index in [0.29, 0.717) is 11.6 Å². The van der Waals surface area contributed by atoms with Crippen molar-refractivity contribution in [3.8, 4) is 5.75 Å². The molecule has 1 aromatic carbocycles. The van der Waals surface area contributed by atoms with Gasteiger partial charge in [-0.1, -0.05) is 23.7 Å². The van der Waals surface area contributed by atoms with Crippen molar-refractivity contribution < 1.29 is 4.74 Å². The summed E-state index contributed by atoms with van der Waals surface area (Å²) in [6.07, 6.45) is 0. The lowest BCUT2D eigenvalue weighted by molar-refractivity contribution is 0.414. The van der Waals surface area contributed by atoms with Crippen molar-refractivity contribution >= 4 is 11.6 Å². The summed E-state index contributed by atoms with van der Waals surface area (Å²) in [6.45, 7) is 2.41. The number of aryl methyl sites for hydroxylation is 1. The van der Waals surface area contributed by atoms with Crippen LogP contribution in [0.15, 0.2) is 41.2 Å². The maximum atomic E-state index is 11.8. The number of benzene rings is 1. The van der Waals surface area contributed by atoms with Gasteiger partial charge in [0.15, 0.2) is 0 Å². The van der Waals surface area contributed by atoms with Gasteiger partial charge in [-0.25, -0.2) is 0 Å². The van der Waals surface area contributed by atoms with Gasteiger partial charge in [0.1, 0.15) is 5.75 Å². The number of ether oxygens (including phenoxy) is 1. The number of methoxy groups -OCH3 is 1. The number of rotatable bonds is 3. The normalized spacial score (nSPS) is 10.4. The van der Waals surface area contributed by atoms with Gasteiger partial charge in [0.2, 0.25) is 0 Å². The molecular formula is C14H14ClNO2. The lowest BCUT2D eigenvalue weighted by atomic mass is 10.2. The van der Waals surface area contributed by atoms with Crippen molar-refractivity contribution in [3.63, 3.8) is 0 Å². The molecule has 0 bridgehead atoms. The molecule has 18 heavy (non-hydrogen) atoms. The average Bonchev–Trinajstić information content (AvgIpc) is 2.34. The van der Waals surface area contributed by atoms with E-state index in [1.165, 1.54) is 6.07 Å². The third-order valence-electron chi connectivity index (χ3n) is 2.80. The SMILES string of the molecule is COc1ccc(Cn2c(C)cc(Cl)cc2=O)cc1. The van der Waals surface area contributed by atoms with E-state index in [9.17, 15) is 4.79 Å². The Balaban J connectivity index is 2.31. The minimum atomic E-state index is -0.0872. The number of halogens is 1. The number of pyridine rings is 1. The first kappa shape index (κ1) is 12.7. The van der Waals surface area contributed by atoms with Crippen LogP contribution in [-0.4, -0.2) is 11.7 Å². The van der Waals surface area contributed by atoms with Crippen LogP contribution in [0.2, 0.25) is 5.02 Å². The van der Waals surface area contributed by atoms with Crippen LogP contribution < -0.4 is 10.3 Å². The summed E-state index contributed by atoms with van der Waals surface area (Å²) >= 11 is 5.83. The zero-order valence-corrected chi connectivity index (χ0v) is 11.1. The van der Waals surface area contributed by atoms with Gasteiger partial charge in [-0.3, -0.25) is 4.79 Å². The fourth-order valence-corrected chi connectivity index (χ4v) is 2.06. The van der Waals surface area contributed by atoms with E-state index < -0.39 is 0 Å². The van der Waals surface area contributed by atoms with Crippen molar-refractivity contribution in [1.29, 1.82) is 0 Å². The molecule has 1 aromatic heterocycles. The molecule has 2 aromatic rings. The second-order valence-corrected chi connectivity index (χ2v) is 4.52. The lowest BCUT2D eigenvalue weighted by Gasteiger charge is -2.10. The smallest absolute Gasteiger partial charge is 0.252 e. The first-order valence-corrected chi connectivity index (χ1v) is 5.98. The van der Waals surface area contributed by atoms with Gasteiger partial charge >= 0.3 is 0 Å². The number of nitrogens with zero attached hydrogens (tertiary/aromatic N) is 1. The largest absolute Gasteiger partial charge is 0.497 e. The molecule has 0 saturated carbocycles. The Labute approximate surface area is 111 Å². The second kappa shape index (κ2) is 5.27. The highest BCUT2D eigenvalue weighted by Gasteiger charge is 2.03. The highest BCUT2D eigenvalue weighted by molar-refractivity contribution is 6.30. The van der Waals surface area contributed by atoms with Crippen LogP contribution >= 0.6 is 11.6 Å². The molecule has 0 aliphatic carbocycles. The van der Waals surface area contributed by atoms with Gasteiger partial charge in [0, 0.05) is 16.8 Å². The standard InChI is InChI=1S/C14H14ClNO2/c1-10-7-12(15)8-14(17)16(10)9-11-3-5-13(18-2)6-4-11/h3-8H,9H2,1-2H3. The van der Waals surface area contributed by atoms with E-state index in [1.54, 1.807) is 17.7 Å². The fourth-order valence-electron chi connectivity index (χ4n) is 1.80. The maximum Gasteiger partial charge on any atom is 0.252 e. The van der Waals surface area contributed by atoms with Crippen molar-refractivity contribution in [2.45, 2.75) is 13.5 Å². The zero-order valence-electron chi connectivity index (χ0n) is 10.3. The molecule has 2 rings (SSSR count). The van der Waals surface area contributed by atoms with Crippen LogP contribution in [-0.2, 0) is 6.54 Å². The molecule has 0 atom stereocenters. The second-order valence-electron chi connectivity index (χ2n) is 4.09. The van der Waals surface area contributed by atoms with E-state index in [0.717, 1.165) is 17.0 Å². The van der Waals surface area contributed by atoms with Crippen molar-refractivity contribution in [2.24, 2.45) is 0 Å². The third kappa shape index (κ3) is 2.74. The predicted molar refractivity (Wildman–Crippen MR) is 72.5 cm³/mol. The van der Waals surface area contributed by atoms with Crippen LogP contribution in [0.1, 0.15) is 11.3 Å². The van der Waals surface area contributed by atoms with E-state index in [2.05, 4.69) is 0 Å². The van der Waals surface area contributed by atoms with Crippen LogP contribution in [0.3, 0.4) is 0 Å². The van der Waals surface area contributed by atoms with Crippen LogP contribution in [0.5, 0.6) is 5.75 Å². The Bertz CT molecular complexity index is 602. The molecule has 0 unspecified atom stereocenters. The summed E-state index contributed by atoms with van der Waals surface area (Å²) in [6, 6.07) is 10.9. The molecule has 3 nitrogen and oxygen atoms in total. The minimum absolute atomic E-state index is 0.0872. The molecule has 0 fully saturated rings. The molecule has 4 heteroatoms. The molecule has 0 saturated heterocycles. The minimum Gasteiger partial charge on any atom is -0.497 e. The highest BCUT2D eigenvalue weighted by atomic mass is 35.5. The Morgan fingerprint density at radius 2 is 1.89 bits per heavy atom. The van der Waals surface area contributed by atoms with E-state index in [-0.39, 0.29) is 5.56 Å².